The number of carbonyl (C=O) groups is 2. The maximum atomic E-state index is 12.9. The van der Waals surface area contributed by atoms with Crippen LogP contribution in [0.4, 0.5) is 0 Å². The number of sulfonamides is 1. The Balaban J connectivity index is 1.34. The Morgan fingerprint density at radius 1 is 1.13 bits per heavy atom. The average Bonchev–Trinajstić information content (AvgIpc) is 3.28. The molecule has 3 heterocycles. The monoisotopic (exact) mass is 441 g/mol. The molecule has 2 aliphatic heterocycles. The van der Waals surface area contributed by atoms with Crippen molar-refractivity contribution in [2.24, 2.45) is 0 Å². The number of piperidine rings is 1. The molecule has 0 spiro atoms. The van der Waals surface area contributed by atoms with E-state index < -0.39 is 22.5 Å². The zero-order valence-electron chi connectivity index (χ0n) is 16.0. The minimum absolute atomic E-state index is 0.0335. The van der Waals surface area contributed by atoms with Gasteiger partial charge in [-0.1, -0.05) is 24.3 Å². The van der Waals surface area contributed by atoms with E-state index in [9.17, 15) is 18.0 Å². The molecule has 1 atom stereocenters. The molecular weight excluding hydrogens is 422 g/mol. The lowest BCUT2D eigenvalue weighted by Gasteiger charge is -2.32. The standard InChI is InChI=1S/C21H19N3O4S2/c25-19(13-24-21(26)15-7-1-4-10-18(15)30(24,27)28)23-11-5-6-14(12-23)20-22-16-8-2-3-9-17(16)29-20/h1-4,7-10,14H,5-6,11-13H2/t14-/m1/s1. The van der Waals surface area contributed by atoms with Crippen LogP contribution in [0.5, 0.6) is 0 Å². The van der Waals surface area contributed by atoms with Crippen molar-refractivity contribution in [2.75, 3.05) is 19.6 Å². The van der Waals surface area contributed by atoms with Gasteiger partial charge in [-0.2, -0.15) is 0 Å². The van der Waals surface area contributed by atoms with Crippen molar-refractivity contribution in [3.05, 3.63) is 59.1 Å². The number of carbonyl (C=O) groups excluding carboxylic acids is 2. The third kappa shape index (κ3) is 3.09. The van der Waals surface area contributed by atoms with Gasteiger partial charge in [0.05, 0.1) is 20.8 Å². The van der Waals surface area contributed by atoms with Crippen LogP contribution in [0.1, 0.15) is 34.1 Å². The number of thiazole rings is 1. The predicted octanol–water partition coefficient (Wildman–Crippen LogP) is 2.85. The highest BCUT2D eigenvalue weighted by atomic mass is 32.2. The lowest BCUT2D eigenvalue weighted by atomic mass is 9.98. The third-order valence-corrected chi connectivity index (χ3v) is 8.61. The van der Waals surface area contributed by atoms with Gasteiger partial charge in [0.15, 0.2) is 0 Å². The number of benzene rings is 2. The maximum Gasteiger partial charge on any atom is 0.269 e. The molecule has 2 amide bonds. The van der Waals surface area contributed by atoms with Crippen molar-refractivity contribution in [2.45, 2.75) is 23.7 Å². The highest BCUT2D eigenvalue weighted by Crippen LogP contribution is 2.34. The highest BCUT2D eigenvalue weighted by molar-refractivity contribution is 7.90. The van der Waals surface area contributed by atoms with E-state index in [2.05, 4.69) is 0 Å². The molecule has 0 aliphatic carbocycles. The second kappa shape index (κ2) is 7.17. The molecule has 0 saturated carbocycles. The van der Waals surface area contributed by atoms with Crippen LogP contribution >= 0.6 is 11.3 Å². The Hall–Kier alpha value is -2.78. The number of nitrogens with zero attached hydrogens (tertiary/aromatic N) is 3. The Labute approximate surface area is 178 Å². The van der Waals surface area contributed by atoms with E-state index in [-0.39, 0.29) is 22.3 Å². The van der Waals surface area contributed by atoms with E-state index in [0.717, 1.165) is 28.1 Å². The van der Waals surface area contributed by atoms with Crippen molar-refractivity contribution in [1.82, 2.24) is 14.2 Å². The largest absolute Gasteiger partial charge is 0.340 e. The summed E-state index contributed by atoms with van der Waals surface area (Å²) in [5, 5.41) is 0.992. The molecular formula is C21H19N3O4S2. The molecule has 30 heavy (non-hydrogen) atoms. The van der Waals surface area contributed by atoms with E-state index >= 15 is 0 Å². The van der Waals surface area contributed by atoms with Gasteiger partial charge in [0.25, 0.3) is 15.9 Å². The first-order valence-corrected chi connectivity index (χ1v) is 12.0. The fourth-order valence-corrected chi connectivity index (χ4v) is 6.69. The lowest BCUT2D eigenvalue weighted by Crippen LogP contribution is -2.46. The Kier molecular flexibility index (Phi) is 4.59. The number of aromatic nitrogens is 1. The first-order chi connectivity index (χ1) is 14.4. The summed E-state index contributed by atoms with van der Waals surface area (Å²) in [4.78, 5) is 31.9. The first-order valence-electron chi connectivity index (χ1n) is 9.74. The summed E-state index contributed by atoms with van der Waals surface area (Å²) in [6.45, 7) is 0.561. The number of fused-ring (bicyclic) bond motifs is 2. The van der Waals surface area contributed by atoms with Crippen molar-refractivity contribution in [1.29, 1.82) is 0 Å². The summed E-state index contributed by atoms with van der Waals surface area (Å²) in [7, 11) is -3.99. The zero-order valence-corrected chi connectivity index (χ0v) is 17.7. The number of likely N-dealkylation sites (tertiary alicyclic amines) is 1. The molecule has 1 aromatic heterocycles. The molecule has 9 heteroatoms. The van der Waals surface area contributed by atoms with Crippen molar-refractivity contribution >= 4 is 43.4 Å². The van der Waals surface area contributed by atoms with E-state index in [1.165, 1.54) is 12.1 Å². The van der Waals surface area contributed by atoms with Crippen LogP contribution in [0.25, 0.3) is 10.2 Å². The molecule has 2 aliphatic rings. The second-order valence-corrected chi connectivity index (χ2v) is 10.4. The van der Waals surface area contributed by atoms with Gasteiger partial charge in [-0.3, -0.25) is 9.59 Å². The van der Waals surface area contributed by atoms with Crippen LogP contribution in [-0.4, -0.2) is 54.1 Å². The molecule has 7 nitrogen and oxygen atoms in total. The minimum Gasteiger partial charge on any atom is -0.340 e. The van der Waals surface area contributed by atoms with Gasteiger partial charge in [0.1, 0.15) is 11.4 Å². The smallest absolute Gasteiger partial charge is 0.269 e. The molecule has 3 aromatic rings. The number of para-hydroxylation sites is 1. The topological polar surface area (TPSA) is 87.7 Å². The van der Waals surface area contributed by atoms with Gasteiger partial charge >= 0.3 is 0 Å². The predicted molar refractivity (Wildman–Crippen MR) is 113 cm³/mol. The van der Waals surface area contributed by atoms with Crippen LogP contribution < -0.4 is 0 Å². The molecule has 154 valence electrons. The Bertz CT molecular complexity index is 1240. The summed E-state index contributed by atoms with van der Waals surface area (Å²) >= 11 is 1.63. The average molecular weight is 442 g/mol. The van der Waals surface area contributed by atoms with Crippen molar-refractivity contribution in [3.8, 4) is 0 Å². The van der Waals surface area contributed by atoms with Crippen LogP contribution in [-0.2, 0) is 14.8 Å². The minimum atomic E-state index is -3.99. The van der Waals surface area contributed by atoms with Crippen LogP contribution in [0.15, 0.2) is 53.4 Å². The maximum absolute atomic E-state index is 12.9. The van der Waals surface area contributed by atoms with Crippen molar-refractivity contribution in [3.63, 3.8) is 0 Å². The summed E-state index contributed by atoms with van der Waals surface area (Å²) < 4.78 is 27.3. The molecule has 0 N–H and O–H groups in total. The summed E-state index contributed by atoms with van der Waals surface area (Å²) in [6.07, 6.45) is 1.74. The second-order valence-electron chi connectivity index (χ2n) is 7.51. The summed E-state index contributed by atoms with van der Waals surface area (Å²) in [5.74, 6) is -0.882. The fraction of sp³-hybridized carbons (Fsp3) is 0.286. The molecule has 1 fully saturated rings. The van der Waals surface area contributed by atoms with E-state index in [1.54, 1.807) is 28.4 Å². The SMILES string of the molecule is O=C(CN1C(=O)c2ccccc2S1(=O)=O)N1CCC[C@@H](c2nc3ccccc3s2)C1. The van der Waals surface area contributed by atoms with Gasteiger partial charge in [0, 0.05) is 19.0 Å². The number of rotatable bonds is 3. The van der Waals surface area contributed by atoms with Gasteiger partial charge in [0.2, 0.25) is 5.91 Å². The number of amides is 2. The molecule has 1 saturated heterocycles. The zero-order chi connectivity index (χ0) is 20.9. The quantitative estimate of drug-likeness (QED) is 0.624. The Morgan fingerprint density at radius 2 is 1.90 bits per heavy atom. The summed E-state index contributed by atoms with van der Waals surface area (Å²) in [6, 6.07) is 14.0. The molecule has 5 rings (SSSR count). The lowest BCUT2D eigenvalue weighted by molar-refractivity contribution is -0.132. The van der Waals surface area contributed by atoms with E-state index in [4.69, 9.17) is 4.98 Å². The highest BCUT2D eigenvalue weighted by Gasteiger charge is 2.42. The van der Waals surface area contributed by atoms with Crippen LogP contribution in [0, 0.1) is 0 Å². The molecule has 2 aromatic carbocycles. The third-order valence-electron chi connectivity index (χ3n) is 5.62. The summed E-state index contributed by atoms with van der Waals surface area (Å²) in [5.41, 5.74) is 1.07. The first kappa shape index (κ1) is 19.2. The normalized spacial score (nSPS) is 20.5. The van der Waals surface area contributed by atoms with E-state index in [0.29, 0.717) is 17.4 Å². The van der Waals surface area contributed by atoms with Gasteiger partial charge in [-0.15, -0.1) is 11.3 Å². The van der Waals surface area contributed by atoms with Gasteiger partial charge in [-0.25, -0.2) is 17.7 Å². The fourth-order valence-electron chi connectivity index (χ4n) is 4.08. The Morgan fingerprint density at radius 3 is 2.70 bits per heavy atom. The number of hydrogen-bond acceptors (Lipinski definition) is 6. The molecule has 0 unspecified atom stereocenters. The van der Waals surface area contributed by atoms with Crippen molar-refractivity contribution < 1.29 is 18.0 Å². The van der Waals surface area contributed by atoms with Crippen LogP contribution in [0.2, 0.25) is 0 Å². The molecule has 0 radical (unpaired) electrons. The number of hydrogen-bond donors (Lipinski definition) is 0. The molecule has 0 bridgehead atoms. The van der Waals surface area contributed by atoms with E-state index in [1.807, 2.05) is 24.3 Å². The van der Waals surface area contributed by atoms with Gasteiger partial charge in [-0.05, 0) is 37.1 Å². The van der Waals surface area contributed by atoms with Crippen LogP contribution in [0.3, 0.4) is 0 Å². The van der Waals surface area contributed by atoms with Gasteiger partial charge < -0.3 is 4.90 Å².